The molecule has 0 radical (unpaired) electrons. The lowest BCUT2D eigenvalue weighted by Gasteiger charge is -2.15. The van der Waals surface area contributed by atoms with Crippen LogP contribution in [0.15, 0.2) is 47.6 Å². The second-order valence-corrected chi connectivity index (χ2v) is 7.33. The van der Waals surface area contributed by atoms with Crippen LogP contribution in [0.2, 0.25) is 0 Å². The molecule has 0 fully saturated rings. The smallest absolute Gasteiger partial charge is 0.191 e. The first-order chi connectivity index (χ1) is 11.1. The fourth-order valence-corrected chi connectivity index (χ4v) is 3.90. The Balaban J connectivity index is 1.88. The Kier molecular flexibility index (Phi) is 4.71. The number of rotatable bonds is 5. The molecule has 120 valence electrons. The summed E-state index contributed by atoms with van der Waals surface area (Å²) in [4.78, 5) is 0. The molecule has 0 unspecified atom stereocenters. The van der Waals surface area contributed by atoms with Gasteiger partial charge in [-0.2, -0.15) is 0 Å². The second kappa shape index (κ2) is 6.75. The van der Waals surface area contributed by atoms with Gasteiger partial charge in [0, 0.05) is 17.7 Å². The number of fused-ring (bicyclic) bond motifs is 1. The van der Waals surface area contributed by atoms with Crippen molar-refractivity contribution in [3.05, 3.63) is 53.9 Å². The Labute approximate surface area is 142 Å². The SMILES string of the molecule is CC(C)c1nnc(SCc2cccc3ccccc23)n1C(C)C. The van der Waals surface area contributed by atoms with E-state index in [1.54, 1.807) is 11.8 Å². The third-order valence-corrected chi connectivity index (χ3v) is 4.95. The monoisotopic (exact) mass is 325 g/mol. The summed E-state index contributed by atoms with van der Waals surface area (Å²) in [5.41, 5.74) is 1.34. The maximum absolute atomic E-state index is 4.43. The van der Waals surface area contributed by atoms with Gasteiger partial charge in [-0.15, -0.1) is 10.2 Å². The van der Waals surface area contributed by atoms with Crippen LogP contribution in [0, 0.1) is 0 Å². The lowest BCUT2D eigenvalue weighted by atomic mass is 10.1. The fourth-order valence-electron chi connectivity index (χ4n) is 2.83. The average Bonchev–Trinajstić information content (AvgIpc) is 2.97. The van der Waals surface area contributed by atoms with Crippen LogP contribution in [0.4, 0.5) is 0 Å². The van der Waals surface area contributed by atoms with Crippen LogP contribution in [-0.2, 0) is 5.75 Å². The van der Waals surface area contributed by atoms with E-state index in [4.69, 9.17) is 0 Å². The molecule has 0 saturated heterocycles. The Morgan fingerprint density at radius 3 is 2.43 bits per heavy atom. The van der Waals surface area contributed by atoms with E-state index in [1.165, 1.54) is 16.3 Å². The van der Waals surface area contributed by atoms with Crippen molar-refractivity contribution in [1.82, 2.24) is 14.8 Å². The van der Waals surface area contributed by atoms with Gasteiger partial charge in [0.05, 0.1) is 0 Å². The number of benzene rings is 2. The Morgan fingerprint density at radius 1 is 0.957 bits per heavy atom. The number of hydrogen-bond acceptors (Lipinski definition) is 3. The third-order valence-electron chi connectivity index (χ3n) is 3.96. The molecule has 0 atom stereocenters. The molecule has 1 aromatic heterocycles. The highest BCUT2D eigenvalue weighted by molar-refractivity contribution is 7.98. The van der Waals surface area contributed by atoms with Crippen molar-refractivity contribution in [2.75, 3.05) is 0 Å². The third kappa shape index (κ3) is 3.27. The summed E-state index contributed by atoms with van der Waals surface area (Å²) in [6, 6.07) is 15.4. The minimum absolute atomic E-state index is 0.373. The zero-order chi connectivity index (χ0) is 16.4. The van der Waals surface area contributed by atoms with Gasteiger partial charge < -0.3 is 4.57 Å². The zero-order valence-corrected chi connectivity index (χ0v) is 15.0. The van der Waals surface area contributed by atoms with E-state index in [1.807, 2.05) is 0 Å². The van der Waals surface area contributed by atoms with Crippen molar-refractivity contribution in [3.8, 4) is 0 Å². The number of nitrogens with zero attached hydrogens (tertiary/aromatic N) is 3. The van der Waals surface area contributed by atoms with E-state index in [0.717, 1.165) is 16.7 Å². The van der Waals surface area contributed by atoms with Crippen molar-refractivity contribution in [3.63, 3.8) is 0 Å². The Bertz CT molecular complexity index is 800. The van der Waals surface area contributed by atoms with Gasteiger partial charge in [-0.25, -0.2) is 0 Å². The predicted octanol–water partition coefficient (Wildman–Crippen LogP) is 5.43. The lowest BCUT2D eigenvalue weighted by molar-refractivity contribution is 0.512. The fraction of sp³-hybridized carbons (Fsp3) is 0.368. The van der Waals surface area contributed by atoms with E-state index in [-0.39, 0.29) is 0 Å². The van der Waals surface area contributed by atoms with Gasteiger partial charge in [-0.3, -0.25) is 0 Å². The summed E-state index contributed by atoms with van der Waals surface area (Å²) >= 11 is 1.77. The Hall–Kier alpha value is -1.81. The molecule has 1 heterocycles. The summed E-state index contributed by atoms with van der Waals surface area (Å²) in [6.45, 7) is 8.72. The van der Waals surface area contributed by atoms with Crippen molar-refractivity contribution in [2.45, 2.75) is 50.6 Å². The molecule has 2 aromatic carbocycles. The molecule has 23 heavy (non-hydrogen) atoms. The highest BCUT2D eigenvalue weighted by Gasteiger charge is 2.17. The first-order valence-electron chi connectivity index (χ1n) is 8.12. The zero-order valence-electron chi connectivity index (χ0n) is 14.2. The molecular weight excluding hydrogens is 302 g/mol. The van der Waals surface area contributed by atoms with Crippen LogP contribution in [0.5, 0.6) is 0 Å². The quantitative estimate of drug-likeness (QED) is 0.586. The van der Waals surface area contributed by atoms with Gasteiger partial charge in [0.1, 0.15) is 5.82 Å². The van der Waals surface area contributed by atoms with Crippen LogP contribution in [0.1, 0.15) is 51.0 Å². The van der Waals surface area contributed by atoms with Crippen molar-refractivity contribution < 1.29 is 0 Å². The van der Waals surface area contributed by atoms with Crippen LogP contribution in [0.3, 0.4) is 0 Å². The standard InChI is InChI=1S/C19H23N3S/c1-13(2)18-20-21-19(22(18)14(3)4)23-12-16-10-7-9-15-8-5-6-11-17(15)16/h5-11,13-14H,12H2,1-4H3. The van der Waals surface area contributed by atoms with E-state index in [0.29, 0.717) is 12.0 Å². The molecule has 0 aliphatic heterocycles. The average molecular weight is 325 g/mol. The summed E-state index contributed by atoms with van der Waals surface area (Å²) in [7, 11) is 0. The van der Waals surface area contributed by atoms with Gasteiger partial charge in [-0.1, -0.05) is 68.1 Å². The lowest BCUT2D eigenvalue weighted by Crippen LogP contribution is -2.09. The van der Waals surface area contributed by atoms with Gasteiger partial charge in [0.2, 0.25) is 0 Å². The summed E-state index contributed by atoms with van der Waals surface area (Å²) in [5, 5.41) is 12.5. The van der Waals surface area contributed by atoms with Crippen LogP contribution < -0.4 is 0 Å². The molecule has 3 rings (SSSR count). The molecule has 0 aliphatic carbocycles. The van der Waals surface area contributed by atoms with Crippen LogP contribution in [-0.4, -0.2) is 14.8 Å². The maximum atomic E-state index is 4.43. The molecule has 4 heteroatoms. The second-order valence-electron chi connectivity index (χ2n) is 6.39. The van der Waals surface area contributed by atoms with Crippen molar-refractivity contribution in [2.24, 2.45) is 0 Å². The van der Waals surface area contributed by atoms with Crippen molar-refractivity contribution >= 4 is 22.5 Å². The van der Waals surface area contributed by atoms with Gasteiger partial charge in [-0.05, 0) is 30.2 Å². The molecule has 0 aliphatic rings. The molecule has 0 spiro atoms. The number of aromatic nitrogens is 3. The minimum atomic E-state index is 0.373. The highest BCUT2D eigenvalue weighted by Crippen LogP contribution is 2.30. The predicted molar refractivity (Wildman–Crippen MR) is 98.0 cm³/mol. The molecule has 3 aromatic rings. The Morgan fingerprint density at radius 2 is 1.70 bits per heavy atom. The highest BCUT2D eigenvalue weighted by atomic mass is 32.2. The van der Waals surface area contributed by atoms with E-state index in [2.05, 4.69) is 84.9 Å². The van der Waals surface area contributed by atoms with E-state index < -0.39 is 0 Å². The summed E-state index contributed by atoms with van der Waals surface area (Å²) in [6.07, 6.45) is 0. The summed E-state index contributed by atoms with van der Waals surface area (Å²) in [5.74, 6) is 2.36. The maximum Gasteiger partial charge on any atom is 0.191 e. The molecule has 0 saturated carbocycles. The molecule has 0 N–H and O–H groups in total. The molecule has 0 amide bonds. The van der Waals surface area contributed by atoms with E-state index >= 15 is 0 Å². The van der Waals surface area contributed by atoms with Crippen LogP contribution in [0.25, 0.3) is 10.8 Å². The first kappa shape index (κ1) is 16.1. The molecule has 3 nitrogen and oxygen atoms in total. The summed E-state index contributed by atoms with van der Waals surface area (Å²) < 4.78 is 2.26. The topological polar surface area (TPSA) is 30.7 Å². The van der Waals surface area contributed by atoms with Gasteiger partial charge >= 0.3 is 0 Å². The van der Waals surface area contributed by atoms with Crippen molar-refractivity contribution in [1.29, 1.82) is 0 Å². The van der Waals surface area contributed by atoms with E-state index in [9.17, 15) is 0 Å². The van der Waals surface area contributed by atoms with Gasteiger partial charge in [0.25, 0.3) is 0 Å². The number of hydrogen-bond donors (Lipinski definition) is 0. The molecule has 0 bridgehead atoms. The minimum Gasteiger partial charge on any atom is -0.303 e. The largest absolute Gasteiger partial charge is 0.303 e. The normalized spacial score (nSPS) is 11.7. The van der Waals surface area contributed by atoms with Crippen LogP contribution >= 0.6 is 11.8 Å². The number of thioether (sulfide) groups is 1. The first-order valence-corrected chi connectivity index (χ1v) is 9.10. The van der Waals surface area contributed by atoms with Gasteiger partial charge in [0.15, 0.2) is 5.16 Å². The molecular formula is C19H23N3S.